The van der Waals surface area contributed by atoms with E-state index in [9.17, 15) is 0 Å². The first-order valence-corrected chi connectivity index (χ1v) is 12.6. The van der Waals surface area contributed by atoms with Gasteiger partial charge in [0.25, 0.3) is 0 Å². The van der Waals surface area contributed by atoms with Gasteiger partial charge in [0, 0.05) is 55.7 Å². The van der Waals surface area contributed by atoms with Gasteiger partial charge in [-0.1, -0.05) is 18.1 Å². The summed E-state index contributed by atoms with van der Waals surface area (Å²) >= 11 is 0. The maximum atomic E-state index is 4.71. The van der Waals surface area contributed by atoms with Gasteiger partial charge < -0.3 is 14.4 Å². The van der Waals surface area contributed by atoms with Crippen LogP contribution in [-0.2, 0) is 0 Å². The van der Waals surface area contributed by atoms with Crippen LogP contribution in [0, 0.1) is 25.7 Å². The molecule has 4 rings (SSSR count). The number of pyridine rings is 2. The number of aryl methyl sites for hydroxylation is 1. The maximum absolute atomic E-state index is 4.71. The first-order valence-electron chi connectivity index (χ1n) is 12.6. The van der Waals surface area contributed by atoms with Crippen LogP contribution in [0.25, 0.3) is 22.8 Å². The molecular weight excluding hydrogens is 466 g/mol. The van der Waals surface area contributed by atoms with Crippen molar-refractivity contribution in [3.05, 3.63) is 103 Å². The lowest BCUT2D eigenvalue weighted by Crippen LogP contribution is -2.18. The van der Waals surface area contributed by atoms with Gasteiger partial charge in [0.15, 0.2) is 0 Å². The molecular formula is C33H37N5. The predicted octanol–water partition coefficient (Wildman–Crippen LogP) is 7.66. The smallest absolute Gasteiger partial charge is 0.0960 e. The molecule has 0 aliphatic heterocycles. The lowest BCUT2D eigenvalue weighted by molar-refractivity contribution is 1.01. The van der Waals surface area contributed by atoms with Crippen molar-refractivity contribution in [2.45, 2.75) is 27.7 Å². The largest absolute Gasteiger partial charge is 0.371 e. The molecule has 3 heterocycles. The normalized spacial score (nSPS) is 10.4. The molecule has 0 bridgehead atoms. The second-order valence-corrected chi connectivity index (χ2v) is 8.89. The Hall–Kier alpha value is -4.56. The molecule has 0 atom stereocenters. The molecule has 0 amide bonds. The van der Waals surface area contributed by atoms with E-state index in [2.05, 4.69) is 102 Å². The van der Waals surface area contributed by atoms with Crippen LogP contribution in [0.15, 0.2) is 86.2 Å². The Kier molecular flexibility index (Phi) is 9.67. The Morgan fingerprint density at radius 2 is 1.68 bits per heavy atom. The zero-order chi connectivity index (χ0) is 27.7. The van der Waals surface area contributed by atoms with Crippen molar-refractivity contribution in [2.75, 3.05) is 30.4 Å². The van der Waals surface area contributed by atoms with Gasteiger partial charge >= 0.3 is 0 Å². The monoisotopic (exact) mass is 503 g/mol. The molecule has 3 aromatic heterocycles. The fraction of sp³-hybridized carbons (Fsp3) is 0.212. The molecule has 0 aliphatic carbocycles. The van der Waals surface area contributed by atoms with Crippen molar-refractivity contribution >= 4 is 34.2 Å². The predicted molar refractivity (Wildman–Crippen MR) is 165 cm³/mol. The van der Waals surface area contributed by atoms with E-state index in [0.717, 1.165) is 57.3 Å². The summed E-state index contributed by atoms with van der Waals surface area (Å²) in [5.74, 6) is 5.95. The van der Waals surface area contributed by atoms with Crippen LogP contribution in [0.3, 0.4) is 0 Å². The SMILES string of the molecule is C=CC.C=CCN(C)c1cc(N(C)c2cccnc2C)cc(-n2c(C)c(/C=C\C#CC)c3ncccc32)c1. The van der Waals surface area contributed by atoms with Crippen LogP contribution in [-0.4, -0.2) is 35.2 Å². The Balaban J connectivity index is 0.00000127. The van der Waals surface area contributed by atoms with Gasteiger partial charge in [0.2, 0.25) is 0 Å². The number of rotatable bonds is 7. The van der Waals surface area contributed by atoms with Gasteiger partial charge in [0.1, 0.15) is 0 Å². The van der Waals surface area contributed by atoms with Crippen LogP contribution in [0.2, 0.25) is 0 Å². The van der Waals surface area contributed by atoms with Crippen molar-refractivity contribution in [1.29, 1.82) is 0 Å². The standard InChI is InChI=1S/C30H31N5.C3H6/c1-7-9-10-13-27-23(4)35(29-15-12-17-32-30(27)29)26-20-24(33(5)18-8-2)19-25(21-26)34(6)28-14-11-16-31-22(28)3;1-3-2/h8,10-17,19-21H,2,18H2,1,3-6H3;3H,1H2,2H3/b13-10-;. The number of hydrogen-bond acceptors (Lipinski definition) is 4. The topological polar surface area (TPSA) is 37.2 Å². The van der Waals surface area contributed by atoms with Gasteiger partial charge in [-0.05, 0) is 82.3 Å². The molecule has 0 radical (unpaired) electrons. The summed E-state index contributed by atoms with van der Waals surface area (Å²) in [5.41, 5.74) is 9.50. The Morgan fingerprint density at radius 3 is 2.37 bits per heavy atom. The van der Waals surface area contributed by atoms with Crippen molar-refractivity contribution < 1.29 is 0 Å². The Morgan fingerprint density at radius 1 is 1.00 bits per heavy atom. The average molecular weight is 504 g/mol. The van der Waals surface area contributed by atoms with Crippen LogP contribution in [0.1, 0.15) is 30.8 Å². The second-order valence-electron chi connectivity index (χ2n) is 8.89. The van der Waals surface area contributed by atoms with Gasteiger partial charge in [-0.3, -0.25) is 9.97 Å². The highest BCUT2D eigenvalue weighted by Gasteiger charge is 2.18. The molecule has 0 aliphatic rings. The fourth-order valence-corrected chi connectivity index (χ4v) is 4.39. The van der Waals surface area contributed by atoms with Crippen LogP contribution >= 0.6 is 0 Å². The lowest BCUT2D eigenvalue weighted by Gasteiger charge is -2.26. The average Bonchev–Trinajstić information content (AvgIpc) is 3.20. The summed E-state index contributed by atoms with van der Waals surface area (Å²) in [6, 6.07) is 14.8. The summed E-state index contributed by atoms with van der Waals surface area (Å²) in [5, 5.41) is 0. The third kappa shape index (κ3) is 6.04. The van der Waals surface area contributed by atoms with E-state index in [0.29, 0.717) is 0 Å². The molecule has 0 saturated heterocycles. The van der Waals surface area contributed by atoms with Crippen LogP contribution in [0.4, 0.5) is 17.1 Å². The quantitative estimate of drug-likeness (QED) is 0.192. The van der Waals surface area contributed by atoms with Crippen molar-refractivity contribution in [3.63, 3.8) is 0 Å². The number of likely N-dealkylation sites (N-methyl/N-ethyl adjacent to an activating group) is 1. The summed E-state index contributed by atoms with van der Waals surface area (Å²) < 4.78 is 2.28. The molecule has 5 heteroatoms. The van der Waals surface area contributed by atoms with E-state index >= 15 is 0 Å². The number of allylic oxidation sites excluding steroid dienone is 2. The second kappa shape index (κ2) is 13.1. The molecule has 0 unspecified atom stereocenters. The zero-order valence-electron chi connectivity index (χ0n) is 23.4. The molecule has 194 valence electrons. The molecule has 4 aromatic rings. The molecule has 5 nitrogen and oxygen atoms in total. The van der Waals surface area contributed by atoms with E-state index in [1.165, 1.54) is 0 Å². The van der Waals surface area contributed by atoms with Crippen LogP contribution < -0.4 is 9.80 Å². The van der Waals surface area contributed by atoms with Crippen LogP contribution in [0.5, 0.6) is 0 Å². The zero-order valence-corrected chi connectivity index (χ0v) is 23.4. The Labute approximate surface area is 227 Å². The lowest BCUT2D eigenvalue weighted by atomic mass is 10.1. The minimum Gasteiger partial charge on any atom is -0.371 e. The fourth-order valence-electron chi connectivity index (χ4n) is 4.39. The van der Waals surface area contributed by atoms with E-state index in [4.69, 9.17) is 4.98 Å². The van der Waals surface area contributed by atoms with Gasteiger partial charge in [-0.25, -0.2) is 0 Å². The molecule has 0 fully saturated rings. The molecule has 38 heavy (non-hydrogen) atoms. The van der Waals surface area contributed by atoms with Gasteiger partial charge in [-0.2, -0.15) is 0 Å². The third-order valence-electron chi connectivity index (χ3n) is 6.20. The number of fused-ring (bicyclic) bond motifs is 1. The number of benzene rings is 1. The third-order valence-corrected chi connectivity index (χ3v) is 6.20. The highest BCUT2D eigenvalue weighted by molar-refractivity contribution is 5.90. The highest BCUT2D eigenvalue weighted by atomic mass is 15.1. The number of aromatic nitrogens is 3. The van der Waals surface area contributed by atoms with E-state index in [-0.39, 0.29) is 0 Å². The van der Waals surface area contributed by atoms with Crippen molar-refractivity contribution in [1.82, 2.24) is 14.5 Å². The summed E-state index contributed by atoms with van der Waals surface area (Å²) in [7, 11) is 4.17. The van der Waals surface area contributed by atoms with Crippen molar-refractivity contribution in [2.24, 2.45) is 0 Å². The summed E-state index contributed by atoms with van der Waals surface area (Å²) in [6.07, 6.45) is 11.3. The Bertz CT molecular complexity index is 1510. The van der Waals surface area contributed by atoms with E-state index in [1.54, 1.807) is 6.08 Å². The highest BCUT2D eigenvalue weighted by Crippen LogP contribution is 2.35. The molecule has 0 N–H and O–H groups in total. The summed E-state index contributed by atoms with van der Waals surface area (Å²) in [6.45, 7) is 15.9. The van der Waals surface area contributed by atoms with E-state index < -0.39 is 0 Å². The minimum absolute atomic E-state index is 0.745. The first kappa shape index (κ1) is 28.0. The van der Waals surface area contributed by atoms with Gasteiger partial charge in [-0.15, -0.1) is 19.1 Å². The molecule has 0 spiro atoms. The summed E-state index contributed by atoms with van der Waals surface area (Å²) in [4.78, 5) is 13.6. The van der Waals surface area contributed by atoms with Crippen molar-refractivity contribution in [3.8, 4) is 17.5 Å². The first-order chi connectivity index (χ1) is 18.4. The van der Waals surface area contributed by atoms with Gasteiger partial charge in [0.05, 0.1) is 28.1 Å². The number of hydrogen-bond donors (Lipinski definition) is 0. The van der Waals surface area contributed by atoms with E-state index in [1.807, 2.05) is 57.4 Å². The minimum atomic E-state index is 0.745. The molecule has 0 saturated carbocycles. The molecule has 1 aromatic carbocycles. The number of anilines is 3. The number of nitrogens with zero attached hydrogens (tertiary/aromatic N) is 5. The maximum Gasteiger partial charge on any atom is 0.0960 e.